The van der Waals surface area contributed by atoms with Gasteiger partial charge in [0.15, 0.2) is 10.9 Å². The molecule has 9 nitrogen and oxygen atoms in total. The first kappa shape index (κ1) is 33.7. The Bertz CT molecular complexity index is 316. The molecule has 0 heterocycles. The van der Waals surface area contributed by atoms with Crippen molar-refractivity contribution in [2.75, 3.05) is 32.2 Å². The van der Waals surface area contributed by atoms with Crippen molar-refractivity contribution in [1.29, 1.82) is 0 Å². The maximum Gasteiger partial charge on any atom is 0.230 e. The molecule has 0 saturated carbocycles. The molecule has 0 aliphatic carbocycles. The number of amides is 2. The Balaban J connectivity index is -0.0000000681. The lowest BCUT2D eigenvalue weighted by atomic mass is 10.5. The fourth-order valence-corrected chi connectivity index (χ4v) is 0.955. The predicted molar refractivity (Wildman–Crippen MR) is 96.1 cm³/mol. The largest absolute Gasteiger partial charge is 0.389 e. The molecule has 0 aliphatic heterocycles. The Morgan fingerprint density at radius 1 is 1.04 bits per heavy atom. The average molecular weight is 396 g/mol. The van der Waals surface area contributed by atoms with Crippen molar-refractivity contribution in [1.82, 2.24) is 10.6 Å². The highest BCUT2D eigenvalue weighted by Crippen LogP contribution is 1.98. The van der Waals surface area contributed by atoms with Gasteiger partial charge in [0.25, 0.3) is 0 Å². The molecule has 2 amide bonds. The number of nitrogens with one attached hydrogen (secondary N) is 2. The van der Waals surface area contributed by atoms with Crippen molar-refractivity contribution in [2.45, 2.75) is 13.8 Å². The first-order chi connectivity index (χ1) is 10.2. The van der Waals surface area contributed by atoms with Crippen LogP contribution in [0.15, 0.2) is 0 Å². The molecule has 0 spiro atoms. The van der Waals surface area contributed by atoms with Gasteiger partial charge in [-0.1, -0.05) is 11.8 Å². The van der Waals surface area contributed by atoms with Gasteiger partial charge in [-0.3, -0.25) is 19.2 Å². The summed E-state index contributed by atoms with van der Waals surface area (Å²) in [5.74, 6) is 3.65. The first-order valence-corrected chi connectivity index (χ1v) is 7.38. The van der Waals surface area contributed by atoms with Crippen molar-refractivity contribution in [3.8, 4) is 0 Å². The summed E-state index contributed by atoms with van der Waals surface area (Å²) in [6.45, 7) is 2.44. The molecule has 0 saturated heterocycles. The Labute approximate surface area is 151 Å². The number of carbonyl (C=O) groups excluding carboxylic acids is 4. The number of nitrogens with two attached hydrogens (primary N) is 1. The van der Waals surface area contributed by atoms with E-state index in [2.05, 4.69) is 29.2 Å². The van der Waals surface area contributed by atoms with Crippen molar-refractivity contribution >= 4 is 59.5 Å². The zero-order valence-electron chi connectivity index (χ0n) is 13.5. The van der Waals surface area contributed by atoms with Crippen LogP contribution in [0.1, 0.15) is 13.8 Å². The number of Topliss-reactive ketones (excluding diaryl/α,β-unsaturated/α-hetero) is 1. The molecule has 0 rings (SSSR count). The predicted octanol–water partition coefficient (Wildman–Crippen LogP) is -1.00. The molecule has 0 atom stereocenters. The van der Waals surface area contributed by atoms with Crippen molar-refractivity contribution in [3.05, 3.63) is 0 Å². The third-order valence-corrected chi connectivity index (χ3v) is 2.43. The van der Waals surface area contributed by atoms with Crippen LogP contribution in [0.2, 0.25) is 0 Å². The highest BCUT2D eigenvalue weighted by Gasteiger charge is 1.99. The Hall–Kier alpha value is -0.850. The number of halogens is 1. The first-order valence-electron chi connectivity index (χ1n) is 5.76. The quantitative estimate of drug-likeness (QED) is 0.261. The Morgan fingerprint density at radius 2 is 1.39 bits per heavy atom. The molecule has 0 fully saturated rings. The third kappa shape index (κ3) is 52.5. The molecule has 0 aliphatic rings. The maximum atomic E-state index is 10.4. The second-order valence-electron chi connectivity index (χ2n) is 3.14. The van der Waals surface area contributed by atoms with Crippen LogP contribution in [0, 0.1) is 0 Å². The number of aliphatic hydroxyl groups excluding tert-OH is 1. The number of thioether (sulfide) groups is 1. The van der Waals surface area contributed by atoms with Crippen LogP contribution in [0.4, 0.5) is 0 Å². The van der Waals surface area contributed by atoms with E-state index in [0.29, 0.717) is 0 Å². The van der Waals surface area contributed by atoms with Gasteiger partial charge in [-0.25, -0.2) is 5.90 Å². The van der Waals surface area contributed by atoms with Gasteiger partial charge in [-0.05, 0) is 6.92 Å². The molecular weight excluding hydrogens is 370 g/mol. The van der Waals surface area contributed by atoms with Crippen LogP contribution in [0.3, 0.4) is 0 Å². The summed E-state index contributed by atoms with van der Waals surface area (Å²) >= 11 is 4.70. The summed E-state index contributed by atoms with van der Waals surface area (Å²) < 4.78 is 0. The van der Waals surface area contributed by atoms with Gasteiger partial charge in [0.1, 0.15) is 6.61 Å². The fourth-order valence-electron chi connectivity index (χ4n) is 0.318. The third-order valence-electron chi connectivity index (χ3n) is 1.33. The molecular formula is C11H26ClN3O6S2. The monoisotopic (exact) mass is 395 g/mol. The minimum absolute atomic E-state index is 0. The van der Waals surface area contributed by atoms with E-state index in [4.69, 9.17) is 10.3 Å². The molecule has 140 valence electrons. The van der Waals surface area contributed by atoms with Crippen LogP contribution in [-0.2, 0) is 19.2 Å². The summed E-state index contributed by atoms with van der Waals surface area (Å²) in [4.78, 5) is 40.2. The van der Waals surface area contributed by atoms with E-state index in [9.17, 15) is 19.2 Å². The number of hydrogen-bond donors (Lipinski definition) is 6. The zero-order valence-corrected chi connectivity index (χ0v) is 16.0. The van der Waals surface area contributed by atoms with Gasteiger partial charge in [-0.2, -0.15) is 12.6 Å². The van der Waals surface area contributed by atoms with E-state index in [1.54, 1.807) is 14.1 Å². The van der Waals surface area contributed by atoms with E-state index >= 15 is 0 Å². The lowest BCUT2D eigenvalue weighted by Crippen LogP contribution is -2.20. The summed E-state index contributed by atoms with van der Waals surface area (Å²) in [7, 11) is 3.13. The van der Waals surface area contributed by atoms with Crippen molar-refractivity contribution in [3.63, 3.8) is 0 Å². The van der Waals surface area contributed by atoms with Crippen LogP contribution >= 0.6 is 36.8 Å². The van der Waals surface area contributed by atoms with E-state index < -0.39 is 0 Å². The molecule has 23 heavy (non-hydrogen) atoms. The summed E-state index contributed by atoms with van der Waals surface area (Å²) in [6, 6.07) is 0. The highest BCUT2D eigenvalue weighted by molar-refractivity contribution is 8.14. The molecule has 12 heteroatoms. The van der Waals surface area contributed by atoms with Crippen LogP contribution in [0.25, 0.3) is 0 Å². The average Bonchev–Trinajstić information content (AvgIpc) is 2.54. The molecule has 0 unspecified atom stereocenters. The zero-order chi connectivity index (χ0) is 18.6. The second kappa shape index (κ2) is 29.2. The van der Waals surface area contributed by atoms with Crippen LogP contribution in [0.5, 0.6) is 0 Å². The number of hydrogen-bond acceptors (Lipinski definition) is 9. The number of carbonyl (C=O) groups is 4. The number of ketones is 1. The topological polar surface area (TPSA) is 159 Å². The Morgan fingerprint density at radius 3 is 1.52 bits per heavy atom. The fraction of sp³-hybridized carbons (Fsp3) is 0.636. The maximum absolute atomic E-state index is 10.4. The van der Waals surface area contributed by atoms with Crippen molar-refractivity contribution < 1.29 is 29.5 Å². The summed E-state index contributed by atoms with van der Waals surface area (Å²) in [5, 5.41) is 19.1. The smallest absolute Gasteiger partial charge is 0.230 e. The van der Waals surface area contributed by atoms with Gasteiger partial charge in [0.05, 0.1) is 11.5 Å². The van der Waals surface area contributed by atoms with E-state index in [0.717, 1.165) is 11.8 Å². The second-order valence-corrected chi connectivity index (χ2v) is 4.61. The highest BCUT2D eigenvalue weighted by atomic mass is 35.5. The normalized spacial score (nSPS) is 7.30. The number of rotatable bonds is 4. The summed E-state index contributed by atoms with van der Waals surface area (Å²) in [6.07, 6.45) is 0. The van der Waals surface area contributed by atoms with Crippen LogP contribution in [-0.4, -0.2) is 65.2 Å². The van der Waals surface area contributed by atoms with E-state index in [1.807, 2.05) is 0 Å². The molecule has 0 bridgehead atoms. The van der Waals surface area contributed by atoms with Crippen LogP contribution < -0.4 is 16.5 Å². The molecule has 0 aromatic rings. The standard InChI is InChI=1S/C5H9NO2S.C3H7NOS.C3H6O2.ClH.H3NO/c1-4(7)9-3-5(8)6-2;1-4-3(5)2-6;1-3(5)2-4;;1-2/h3H2,1-2H3,(H,6,8);6H,2H2,1H3,(H,4,5);4H,2H2,1H3;1H;2H,1H2. The minimum Gasteiger partial charge on any atom is -0.389 e. The van der Waals surface area contributed by atoms with Gasteiger partial charge < -0.3 is 20.9 Å². The lowest BCUT2D eigenvalue weighted by Gasteiger charge is -1.93. The van der Waals surface area contributed by atoms with Gasteiger partial charge in [-0.15, -0.1) is 12.4 Å². The SMILES string of the molecule is CC(=O)CO.CNC(=O)CS.CNC(=O)CSC(C)=O.Cl.NO. The summed E-state index contributed by atoms with van der Waals surface area (Å²) in [5.41, 5.74) is 0. The molecule has 0 aromatic carbocycles. The lowest BCUT2D eigenvalue weighted by molar-refractivity contribution is -0.120. The number of thiol groups is 1. The van der Waals surface area contributed by atoms with E-state index in [-0.39, 0.29) is 53.2 Å². The Kier molecular flexibility index (Phi) is 42.8. The minimum atomic E-state index is -0.333. The van der Waals surface area contributed by atoms with Gasteiger partial charge >= 0.3 is 0 Å². The van der Waals surface area contributed by atoms with Gasteiger partial charge in [0.2, 0.25) is 11.8 Å². The van der Waals surface area contributed by atoms with E-state index in [1.165, 1.54) is 13.8 Å². The number of aliphatic hydroxyl groups is 1. The van der Waals surface area contributed by atoms with Gasteiger partial charge in [0, 0.05) is 21.0 Å². The molecule has 6 N–H and O–H groups in total. The molecule has 0 aromatic heterocycles. The molecule has 0 radical (unpaired) electrons. The van der Waals surface area contributed by atoms with Crippen molar-refractivity contribution in [2.24, 2.45) is 5.90 Å².